The molecule has 2 rings (SSSR count). The lowest BCUT2D eigenvalue weighted by Gasteiger charge is -2.29. The number of carbonyl (C=O) groups excluding carboxylic acids is 2. The van der Waals surface area contributed by atoms with Crippen LogP contribution in [0, 0.1) is 0 Å². The van der Waals surface area contributed by atoms with E-state index in [0.29, 0.717) is 31.1 Å². The van der Waals surface area contributed by atoms with Gasteiger partial charge in [0.1, 0.15) is 11.8 Å². The van der Waals surface area contributed by atoms with Gasteiger partial charge in [0.25, 0.3) is 0 Å². The fourth-order valence-electron chi connectivity index (χ4n) is 3.04. The Morgan fingerprint density at radius 1 is 1.00 bits per heavy atom. The molecular formula is C22H29N3O3. The Bertz CT molecular complexity index is 765. The van der Waals surface area contributed by atoms with E-state index in [4.69, 9.17) is 4.74 Å². The van der Waals surface area contributed by atoms with E-state index in [-0.39, 0.29) is 18.4 Å². The van der Waals surface area contributed by atoms with Crippen LogP contribution in [-0.4, -0.2) is 43.0 Å². The van der Waals surface area contributed by atoms with Gasteiger partial charge in [-0.2, -0.15) is 0 Å². The number of hydrogen-bond donors (Lipinski definition) is 2. The summed E-state index contributed by atoms with van der Waals surface area (Å²) in [4.78, 5) is 27.3. The second-order valence-electron chi connectivity index (χ2n) is 6.25. The predicted octanol–water partition coefficient (Wildman–Crippen LogP) is 3.22. The summed E-state index contributed by atoms with van der Waals surface area (Å²) in [5.41, 5.74) is 1.45. The largest absolute Gasteiger partial charge is 0.492 e. The normalized spacial score (nSPS) is 11.7. The Kier molecular flexibility index (Phi) is 8.49. The number of benzene rings is 2. The van der Waals surface area contributed by atoms with E-state index in [9.17, 15) is 9.59 Å². The molecule has 0 fully saturated rings. The molecule has 6 nitrogen and oxygen atoms in total. The molecule has 28 heavy (non-hydrogen) atoms. The third kappa shape index (κ3) is 5.82. The fourth-order valence-corrected chi connectivity index (χ4v) is 3.04. The average molecular weight is 383 g/mol. The van der Waals surface area contributed by atoms with Crippen LogP contribution in [0.3, 0.4) is 0 Å². The second kappa shape index (κ2) is 11.1. The molecule has 0 bridgehead atoms. The van der Waals surface area contributed by atoms with Gasteiger partial charge in [-0.05, 0) is 38.1 Å². The molecule has 6 heteroatoms. The quantitative estimate of drug-likeness (QED) is 0.661. The zero-order valence-electron chi connectivity index (χ0n) is 16.8. The predicted molar refractivity (Wildman–Crippen MR) is 111 cm³/mol. The number of rotatable bonds is 10. The Morgan fingerprint density at radius 2 is 1.68 bits per heavy atom. The zero-order valence-corrected chi connectivity index (χ0v) is 16.8. The molecule has 0 unspecified atom stereocenters. The summed E-state index contributed by atoms with van der Waals surface area (Å²) in [7, 11) is 0. The molecule has 150 valence electrons. The number of para-hydroxylation sites is 2. The Hall–Kier alpha value is -2.86. The number of ether oxygens (including phenoxy) is 1. The van der Waals surface area contributed by atoms with Crippen molar-refractivity contribution in [2.75, 3.05) is 31.6 Å². The molecule has 2 N–H and O–H groups in total. The molecule has 0 heterocycles. The van der Waals surface area contributed by atoms with Gasteiger partial charge >= 0.3 is 0 Å². The lowest BCUT2D eigenvalue weighted by Crippen LogP contribution is -2.43. The summed E-state index contributed by atoms with van der Waals surface area (Å²) in [6.07, 6.45) is 0. The standard InChI is InChI=1S/C22H29N3O3/c1-4-23-20(26)16-25(5-2)21(17-12-8-7-9-13-17)22(27)24-18-14-10-11-15-19(18)28-6-3/h7-15,21H,4-6,16H2,1-3H3,(H,23,26)(H,24,27)/t21-/m1/s1. The number of hydrogen-bond acceptors (Lipinski definition) is 4. The second-order valence-corrected chi connectivity index (χ2v) is 6.25. The van der Waals surface area contributed by atoms with Crippen LogP contribution in [0.15, 0.2) is 54.6 Å². The van der Waals surface area contributed by atoms with E-state index in [1.54, 1.807) is 0 Å². The Morgan fingerprint density at radius 3 is 2.32 bits per heavy atom. The smallest absolute Gasteiger partial charge is 0.246 e. The molecule has 0 aliphatic carbocycles. The maximum Gasteiger partial charge on any atom is 0.246 e. The monoisotopic (exact) mass is 383 g/mol. The molecule has 0 aliphatic heterocycles. The zero-order chi connectivity index (χ0) is 20.4. The van der Waals surface area contributed by atoms with Crippen molar-refractivity contribution in [1.82, 2.24) is 10.2 Å². The van der Waals surface area contributed by atoms with Gasteiger partial charge in [-0.3, -0.25) is 14.5 Å². The van der Waals surface area contributed by atoms with Crippen LogP contribution in [0.4, 0.5) is 5.69 Å². The first kappa shape index (κ1) is 21.4. The molecule has 0 spiro atoms. The summed E-state index contributed by atoms with van der Waals surface area (Å²) in [5, 5.41) is 5.78. The van der Waals surface area contributed by atoms with Crippen LogP contribution in [-0.2, 0) is 9.59 Å². The first-order chi connectivity index (χ1) is 13.6. The van der Waals surface area contributed by atoms with E-state index < -0.39 is 6.04 Å². The first-order valence-electron chi connectivity index (χ1n) is 9.69. The molecule has 0 radical (unpaired) electrons. The maximum absolute atomic E-state index is 13.3. The topological polar surface area (TPSA) is 70.7 Å². The summed E-state index contributed by atoms with van der Waals surface area (Å²) in [6.45, 7) is 7.47. The van der Waals surface area contributed by atoms with Gasteiger partial charge in [-0.25, -0.2) is 0 Å². The van der Waals surface area contributed by atoms with E-state index in [0.717, 1.165) is 5.56 Å². The summed E-state index contributed by atoms with van der Waals surface area (Å²) < 4.78 is 5.61. The van der Waals surface area contributed by atoms with Crippen molar-refractivity contribution in [2.45, 2.75) is 26.8 Å². The van der Waals surface area contributed by atoms with Crippen molar-refractivity contribution in [3.63, 3.8) is 0 Å². The number of nitrogens with one attached hydrogen (secondary N) is 2. The van der Waals surface area contributed by atoms with Gasteiger partial charge in [-0.1, -0.05) is 49.4 Å². The van der Waals surface area contributed by atoms with Crippen molar-refractivity contribution >= 4 is 17.5 Å². The molecule has 2 aromatic carbocycles. The van der Waals surface area contributed by atoms with Crippen LogP contribution in [0.1, 0.15) is 32.4 Å². The number of anilines is 1. The maximum atomic E-state index is 13.3. The summed E-state index contributed by atoms with van der Waals surface area (Å²) >= 11 is 0. The van der Waals surface area contributed by atoms with Crippen LogP contribution >= 0.6 is 0 Å². The van der Waals surface area contributed by atoms with Crippen molar-refractivity contribution in [3.8, 4) is 5.75 Å². The van der Waals surface area contributed by atoms with Gasteiger partial charge in [-0.15, -0.1) is 0 Å². The third-order valence-electron chi connectivity index (χ3n) is 4.30. The minimum Gasteiger partial charge on any atom is -0.492 e. The van der Waals surface area contributed by atoms with Crippen molar-refractivity contribution in [3.05, 3.63) is 60.2 Å². The van der Waals surface area contributed by atoms with Crippen molar-refractivity contribution in [1.29, 1.82) is 0 Å². The van der Waals surface area contributed by atoms with E-state index >= 15 is 0 Å². The lowest BCUT2D eigenvalue weighted by atomic mass is 10.0. The third-order valence-corrected chi connectivity index (χ3v) is 4.30. The Labute approximate surface area is 166 Å². The minimum atomic E-state index is -0.594. The van der Waals surface area contributed by atoms with Crippen molar-refractivity contribution < 1.29 is 14.3 Å². The molecule has 0 aromatic heterocycles. The molecular weight excluding hydrogens is 354 g/mol. The number of nitrogens with zero attached hydrogens (tertiary/aromatic N) is 1. The van der Waals surface area contributed by atoms with Crippen LogP contribution in [0.5, 0.6) is 5.75 Å². The highest BCUT2D eigenvalue weighted by Crippen LogP contribution is 2.27. The molecule has 2 amide bonds. The van der Waals surface area contributed by atoms with Gasteiger partial charge in [0, 0.05) is 6.54 Å². The van der Waals surface area contributed by atoms with Gasteiger partial charge < -0.3 is 15.4 Å². The first-order valence-corrected chi connectivity index (χ1v) is 9.69. The lowest BCUT2D eigenvalue weighted by molar-refractivity contribution is -0.126. The minimum absolute atomic E-state index is 0.104. The Balaban J connectivity index is 2.31. The van der Waals surface area contributed by atoms with E-state index in [1.165, 1.54) is 0 Å². The summed E-state index contributed by atoms with van der Waals surface area (Å²) in [5.74, 6) is 0.314. The van der Waals surface area contributed by atoms with Gasteiger partial charge in [0.15, 0.2) is 0 Å². The van der Waals surface area contributed by atoms with E-state index in [2.05, 4.69) is 10.6 Å². The number of amides is 2. The fraction of sp³-hybridized carbons (Fsp3) is 0.364. The number of carbonyl (C=O) groups is 2. The van der Waals surface area contributed by atoms with Crippen LogP contribution in [0.2, 0.25) is 0 Å². The van der Waals surface area contributed by atoms with Crippen LogP contribution in [0.25, 0.3) is 0 Å². The average Bonchev–Trinajstić information content (AvgIpc) is 2.70. The van der Waals surface area contributed by atoms with Gasteiger partial charge in [0.05, 0.1) is 18.8 Å². The molecule has 0 aliphatic rings. The molecule has 1 atom stereocenters. The van der Waals surface area contributed by atoms with Crippen molar-refractivity contribution in [2.24, 2.45) is 0 Å². The highest BCUT2D eigenvalue weighted by atomic mass is 16.5. The highest BCUT2D eigenvalue weighted by Gasteiger charge is 2.28. The van der Waals surface area contributed by atoms with Crippen LogP contribution < -0.4 is 15.4 Å². The summed E-state index contributed by atoms with van der Waals surface area (Å²) in [6, 6.07) is 16.2. The number of likely N-dealkylation sites (N-methyl/N-ethyl adjacent to an activating group) is 2. The molecule has 0 saturated carbocycles. The van der Waals surface area contributed by atoms with E-state index in [1.807, 2.05) is 80.3 Å². The van der Waals surface area contributed by atoms with Gasteiger partial charge in [0.2, 0.25) is 11.8 Å². The molecule has 0 saturated heterocycles. The SMILES string of the molecule is CCNC(=O)CN(CC)[C@@H](C(=O)Nc1ccccc1OCC)c1ccccc1. The molecule has 2 aromatic rings. The highest BCUT2D eigenvalue weighted by molar-refractivity contribution is 5.97.